The van der Waals surface area contributed by atoms with E-state index in [0.29, 0.717) is 16.2 Å². The number of hydrogen-bond acceptors (Lipinski definition) is 2. The topological polar surface area (TPSA) is 15.6 Å². The van der Waals surface area contributed by atoms with Crippen LogP contribution in [0.4, 0.5) is 18.9 Å². The Kier molecular flexibility index (Phi) is 3.41. The Labute approximate surface area is 120 Å². The highest BCUT2D eigenvalue weighted by Gasteiger charge is 2.39. The number of aliphatic imine (C=N–C) groups is 1. The second-order valence-electron chi connectivity index (χ2n) is 4.73. The third kappa shape index (κ3) is 2.63. The maximum Gasteiger partial charge on any atom is 0.485 e. The van der Waals surface area contributed by atoms with Crippen LogP contribution in [-0.2, 0) is 0 Å². The van der Waals surface area contributed by atoms with Crippen LogP contribution in [0.2, 0.25) is 0 Å². The molecule has 1 aliphatic rings. The van der Waals surface area contributed by atoms with Gasteiger partial charge >= 0.3 is 6.30 Å². The number of alkyl halides is 3. The number of para-hydroxylation sites is 1. The summed E-state index contributed by atoms with van der Waals surface area (Å²) in [6.07, 6.45) is -4.40. The smallest absolute Gasteiger partial charge is 0.282 e. The van der Waals surface area contributed by atoms with E-state index in [2.05, 4.69) is 4.99 Å². The van der Waals surface area contributed by atoms with E-state index in [9.17, 15) is 13.2 Å². The Bertz CT molecular complexity index is 663. The highest BCUT2D eigenvalue weighted by atomic mass is 19.4. The summed E-state index contributed by atoms with van der Waals surface area (Å²) in [5.74, 6) is 0. The fourth-order valence-electron chi connectivity index (χ4n) is 2.48. The van der Waals surface area contributed by atoms with E-state index in [-0.39, 0.29) is 18.8 Å². The molecule has 0 fully saturated rings. The molecule has 2 nitrogen and oxygen atoms in total. The van der Waals surface area contributed by atoms with Gasteiger partial charge < -0.3 is 0 Å². The zero-order chi connectivity index (χ0) is 14.9. The van der Waals surface area contributed by atoms with Crippen LogP contribution in [0.3, 0.4) is 0 Å². The maximum absolute atomic E-state index is 13.2. The van der Waals surface area contributed by atoms with Crippen LogP contribution in [0.5, 0.6) is 0 Å². The van der Waals surface area contributed by atoms with Crippen molar-refractivity contribution in [1.82, 2.24) is 0 Å². The minimum Gasteiger partial charge on any atom is -0.282 e. The van der Waals surface area contributed by atoms with E-state index < -0.39 is 6.30 Å². The third-order valence-electron chi connectivity index (χ3n) is 3.40. The number of hydrogen-bond donors (Lipinski definition) is 0. The number of nitrogens with zero attached hydrogens (tertiary/aromatic N) is 2. The molecule has 0 bridgehead atoms. The molecule has 21 heavy (non-hydrogen) atoms. The largest absolute Gasteiger partial charge is 0.485 e. The van der Waals surface area contributed by atoms with Gasteiger partial charge in [-0.2, -0.15) is 13.2 Å². The van der Waals surface area contributed by atoms with Crippen LogP contribution < -0.4 is 4.90 Å². The van der Waals surface area contributed by atoms with Gasteiger partial charge in [0.1, 0.15) is 0 Å². The predicted octanol–water partition coefficient (Wildman–Crippen LogP) is 3.86. The summed E-state index contributed by atoms with van der Waals surface area (Å²) in [6, 6.07) is 15.8. The highest BCUT2D eigenvalue weighted by Crippen LogP contribution is 2.33. The fourth-order valence-corrected chi connectivity index (χ4v) is 2.48. The zero-order valence-electron chi connectivity index (χ0n) is 11.1. The molecule has 0 saturated carbocycles. The summed E-state index contributed by atoms with van der Waals surface area (Å²) in [7, 11) is 0. The second-order valence-corrected chi connectivity index (χ2v) is 4.73. The molecule has 2 aromatic rings. The molecular formula is C16H13F3N2. The SMILES string of the molecule is FC(F)(F)N1CCN=C(c2ccccc2)c2ccccc21. The van der Waals surface area contributed by atoms with Crippen LogP contribution in [0.25, 0.3) is 0 Å². The van der Waals surface area contributed by atoms with Gasteiger partial charge in [-0.1, -0.05) is 48.5 Å². The van der Waals surface area contributed by atoms with Crippen molar-refractivity contribution in [2.75, 3.05) is 18.0 Å². The molecule has 0 atom stereocenters. The normalized spacial score (nSPS) is 15.2. The zero-order valence-corrected chi connectivity index (χ0v) is 11.1. The minimum atomic E-state index is -4.40. The second kappa shape index (κ2) is 5.24. The number of rotatable bonds is 1. The monoisotopic (exact) mass is 290 g/mol. The first-order valence-electron chi connectivity index (χ1n) is 6.61. The van der Waals surface area contributed by atoms with E-state index in [1.165, 1.54) is 6.07 Å². The van der Waals surface area contributed by atoms with Crippen LogP contribution in [0, 0.1) is 0 Å². The summed E-state index contributed by atoms with van der Waals surface area (Å²) < 4.78 is 39.6. The Hall–Kier alpha value is -2.30. The van der Waals surface area contributed by atoms with E-state index >= 15 is 0 Å². The minimum absolute atomic E-state index is 0.110. The van der Waals surface area contributed by atoms with Crippen molar-refractivity contribution in [3.05, 3.63) is 65.7 Å². The summed E-state index contributed by atoms with van der Waals surface area (Å²) >= 11 is 0. The van der Waals surface area contributed by atoms with Crippen LogP contribution in [0.15, 0.2) is 59.6 Å². The molecule has 1 heterocycles. The molecule has 0 N–H and O–H groups in total. The number of halogens is 3. The van der Waals surface area contributed by atoms with Crippen molar-refractivity contribution < 1.29 is 13.2 Å². The van der Waals surface area contributed by atoms with Gasteiger partial charge in [-0.3, -0.25) is 9.89 Å². The average Bonchev–Trinajstić information content (AvgIpc) is 2.67. The lowest BCUT2D eigenvalue weighted by atomic mass is 10.0. The molecule has 0 aromatic heterocycles. The average molecular weight is 290 g/mol. The first-order chi connectivity index (χ1) is 10.1. The summed E-state index contributed by atoms with van der Waals surface area (Å²) in [6.45, 7) is -0.0603. The van der Waals surface area contributed by atoms with E-state index in [0.717, 1.165) is 5.56 Å². The maximum atomic E-state index is 13.2. The molecule has 0 radical (unpaired) electrons. The molecule has 0 saturated heterocycles. The quantitative estimate of drug-likeness (QED) is 0.728. The van der Waals surface area contributed by atoms with Crippen LogP contribution in [-0.4, -0.2) is 25.1 Å². The number of benzene rings is 2. The highest BCUT2D eigenvalue weighted by molar-refractivity contribution is 6.16. The Morgan fingerprint density at radius 2 is 1.57 bits per heavy atom. The number of benzodiazepines with no additional fused rings is 1. The first kappa shape index (κ1) is 13.7. The molecule has 108 valence electrons. The number of anilines is 1. The Morgan fingerprint density at radius 1 is 0.905 bits per heavy atom. The molecule has 5 heteroatoms. The molecule has 0 spiro atoms. The third-order valence-corrected chi connectivity index (χ3v) is 3.40. The van der Waals surface area contributed by atoms with E-state index in [4.69, 9.17) is 0 Å². The van der Waals surface area contributed by atoms with Crippen molar-refractivity contribution >= 4 is 11.4 Å². The van der Waals surface area contributed by atoms with Crippen molar-refractivity contribution in [3.8, 4) is 0 Å². The van der Waals surface area contributed by atoms with Gasteiger partial charge in [-0.25, -0.2) is 0 Å². The lowest BCUT2D eigenvalue weighted by Gasteiger charge is -2.26. The van der Waals surface area contributed by atoms with Crippen molar-refractivity contribution in [2.24, 2.45) is 4.99 Å². The molecule has 0 aliphatic carbocycles. The van der Waals surface area contributed by atoms with Crippen LogP contribution in [0.1, 0.15) is 11.1 Å². The molecule has 0 unspecified atom stereocenters. The van der Waals surface area contributed by atoms with E-state index in [1.807, 2.05) is 30.3 Å². The summed E-state index contributed by atoms with van der Waals surface area (Å²) in [5.41, 5.74) is 2.11. The number of fused-ring (bicyclic) bond motifs is 1. The molecule has 2 aromatic carbocycles. The summed E-state index contributed by atoms with van der Waals surface area (Å²) in [5, 5.41) is 0. The predicted molar refractivity (Wildman–Crippen MR) is 76.8 cm³/mol. The Balaban J connectivity index is 2.14. The van der Waals surface area contributed by atoms with Gasteiger partial charge in [0.05, 0.1) is 17.9 Å². The first-order valence-corrected chi connectivity index (χ1v) is 6.61. The Morgan fingerprint density at radius 3 is 2.29 bits per heavy atom. The molecule has 0 amide bonds. The van der Waals surface area contributed by atoms with Crippen molar-refractivity contribution in [2.45, 2.75) is 6.30 Å². The van der Waals surface area contributed by atoms with Gasteiger partial charge in [0.25, 0.3) is 0 Å². The molecule has 3 rings (SSSR count). The van der Waals surface area contributed by atoms with Gasteiger partial charge in [0.2, 0.25) is 0 Å². The lowest BCUT2D eigenvalue weighted by Crippen LogP contribution is -2.39. The summed E-state index contributed by atoms with van der Waals surface area (Å²) in [4.78, 5) is 4.83. The molecule has 1 aliphatic heterocycles. The van der Waals surface area contributed by atoms with Crippen LogP contribution >= 0.6 is 0 Å². The van der Waals surface area contributed by atoms with E-state index in [1.54, 1.807) is 18.2 Å². The lowest BCUT2D eigenvalue weighted by molar-refractivity contribution is -0.128. The van der Waals surface area contributed by atoms with Crippen molar-refractivity contribution in [1.29, 1.82) is 0 Å². The fraction of sp³-hybridized carbons (Fsp3) is 0.188. The van der Waals surface area contributed by atoms with Crippen molar-refractivity contribution in [3.63, 3.8) is 0 Å². The van der Waals surface area contributed by atoms with Gasteiger partial charge in [-0.05, 0) is 6.07 Å². The van der Waals surface area contributed by atoms with Gasteiger partial charge in [0.15, 0.2) is 0 Å². The van der Waals surface area contributed by atoms with Gasteiger partial charge in [-0.15, -0.1) is 0 Å². The molecular weight excluding hydrogens is 277 g/mol. The standard InChI is InChI=1S/C16H13F3N2/c17-16(18,19)21-11-10-20-15(12-6-2-1-3-7-12)13-8-4-5-9-14(13)21/h1-9H,10-11H2. The van der Waals surface area contributed by atoms with Gasteiger partial charge in [0, 0.05) is 17.7 Å².